The largest absolute Gasteiger partial charge is 0.492 e. The topological polar surface area (TPSA) is 27.1 Å². The van der Waals surface area contributed by atoms with Crippen molar-refractivity contribution in [3.8, 4) is 5.75 Å². The number of fused-ring (bicyclic) bond motifs is 2. The lowest BCUT2D eigenvalue weighted by molar-refractivity contribution is 0.298. The Bertz CT molecular complexity index is 1250. The van der Waals surface area contributed by atoms with Crippen molar-refractivity contribution in [3.63, 3.8) is 0 Å². The minimum atomic E-state index is 0.604. The zero-order chi connectivity index (χ0) is 19.5. The molecule has 142 valence electrons. The van der Waals surface area contributed by atoms with Gasteiger partial charge in [-0.15, -0.1) is 0 Å². The van der Waals surface area contributed by atoms with E-state index in [-0.39, 0.29) is 0 Å². The summed E-state index contributed by atoms with van der Waals surface area (Å²) in [7, 11) is 0. The summed E-state index contributed by atoms with van der Waals surface area (Å²) < 4.78 is 8.25. The van der Waals surface area contributed by atoms with Gasteiger partial charge in [0.1, 0.15) is 18.2 Å². The normalized spacial score (nSPS) is 11.2. The van der Waals surface area contributed by atoms with Crippen molar-refractivity contribution in [2.75, 3.05) is 6.61 Å². The molecule has 5 rings (SSSR count). The molecule has 3 nitrogen and oxygen atoms in total. The number of hydrogen-bond acceptors (Lipinski definition) is 2. The molecule has 3 heteroatoms. The fourth-order valence-corrected chi connectivity index (χ4v) is 3.90. The van der Waals surface area contributed by atoms with Gasteiger partial charge in [0.15, 0.2) is 0 Å². The molecule has 0 aliphatic rings. The van der Waals surface area contributed by atoms with Crippen molar-refractivity contribution < 1.29 is 4.74 Å². The number of rotatable bonds is 6. The van der Waals surface area contributed by atoms with Gasteiger partial charge in [0.25, 0.3) is 0 Å². The van der Waals surface area contributed by atoms with Crippen LogP contribution in [0.1, 0.15) is 11.4 Å². The first-order chi connectivity index (χ1) is 14.4. The molecular formula is C26H22N2O. The molecule has 4 aromatic carbocycles. The average Bonchev–Trinajstić information content (AvgIpc) is 3.12. The number of para-hydroxylation sites is 3. The molecule has 0 saturated carbocycles. The van der Waals surface area contributed by atoms with Crippen LogP contribution in [0, 0.1) is 0 Å². The fraction of sp³-hybridized carbons (Fsp3) is 0.115. The third kappa shape index (κ3) is 3.59. The van der Waals surface area contributed by atoms with Gasteiger partial charge in [-0.1, -0.05) is 72.8 Å². The summed E-state index contributed by atoms with van der Waals surface area (Å²) in [6, 6.07) is 33.3. The Morgan fingerprint density at radius 3 is 2.41 bits per heavy atom. The van der Waals surface area contributed by atoms with Gasteiger partial charge in [-0.05, 0) is 40.6 Å². The fourth-order valence-electron chi connectivity index (χ4n) is 3.90. The number of benzene rings is 4. The second-order valence-corrected chi connectivity index (χ2v) is 7.14. The van der Waals surface area contributed by atoms with Crippen LogP contribution in [0.5, 0.6) is 5.75 Å². The molecule has 1 aromatic heterocycles. The summed E-state index contributed by atoms with van der Waals surface area (Å²) in [6.45, 7) is 1.36. The minimum absolute atomic E-state index is 0.604. The minimum Gasteiger partial charge on any atom is -0.492 e. The van der Waals surface area contributed by atoms with Crippen LogP contribution in [0.2, 0.25) is 0 Å². The molecule has 0 atom stereocenters. The molecule has 5 aromatic rings. The van der Waals surface area contributed by atoms with Gasteiger partial charge in [0, 0.05) is 6.42 Å². The third-order valence-electron chi connectivity index (χ3n) is 5.29. The summed E-state index contributed by atoms with van der Waals surface area (Å²) in [5.41, 5.74) is 3.48. The first kappa shape index (κ1) is 17.5. The second kappa shape index (κ2) is 7.80. The van der Waals surface area contributed by atoms with E-state index >= 15 is 0 Å². The SMILES string of the molecule is c1ccc(OCCn2c(Cc3cccc4ccccc34)nc3ccccc32)cc1. The Morgan fingerprint density at radius 1 is 0.724 bits per heavy atom. The zero-order valence-electron chi connectivity index (χ0n) is 16.2. The van der Waals surface area contributed by atoms with E-state index in [1.807, 2.05) is 36.4 Å². The average molecular weight is 378 g/mol. The highest BCUT2D eigenvalue weighted by Crippen LogP contribution is 2.24. The summed E-state index contributed by atoms with van der Waals surface area (Å²) in [5, 5.41) is 2.55. The number of imidazole rings is 1. The Hall–Kier alpha value is -3.59. The summed E-state index contributed by atoms with van der Waals surface area (Å²) in [4.78, 5) is 4.95. The van der Waals surface area contributed by atoms with Crippen LogP contribution in [0.4, 0.5) is 0 Å². The first-order valence-electron chi connectivity index (χ1n) is 9.97. The smallest absolute Gasteiger partial charge is 0.119 e. The molecule has 0 aliphatic heterocycles. The molecule has 0 aliphatic carbocycles. The van der Waals surface area contributed by atoms with Gasteiger partial charge in [-0.25, -0.2) is 4.98 Å². The van der Waals surface area contributed by atoms with Gasteiger partial charge >= 0.3 is 0 Å². The monoisotopic (exact) mass is 378 g/mol. The third-order valence-corrected chi connectivity index (χ3v) is 5.29. The second-order valence-electron chi connectivity index (χ2n) is 7.14. The predicted octanol–water partition coefficient (Wildman–Crippen LogP) is 5.86. The van der Waals surface area contributed by atoms with Crippen molar-refractivity contribution in [1.29, 1.82) is 0 Å². The highest BCUT2D eigenvalue weighted by atomic mass is 16.5. The summed E-state index contributed by atoms with van der Waals surface area (Å²) in [5.74, 6) is 1.96. The lowest BCUT2D eigenvalue weighted by Gasteiger charge is -2.12. The van der Waals surface area contributed by atoms with Gasteiger partial charge in [-0.2, -0.15) is 0 Å². The van der Waals surface area contributed by atoms with Crippen molar-refractivity contribution in [3.05, 3.63) is 108 Å². The highest BCUT2D eigenvalue weighted by Gasteiger charge is 2.12. The van der Waals surface area contributed by atoms with Crippen LogP contribution < -0.4 is 4.74 Å². The van der Waals surface area contributed by atoms with E-state index in [1.165, 1.54) is 16.3 Å². The Morgan fingerprint density at radius 2 is 1.48 bits per heavy atom. The van der Waals surface area contributed by atoms with E-state index in [4.69, 9.17) is 9.72 Å². The van der Waals surface area contributed by atoms with Gasteiger partial charge < -0.3 is 9.30 Å². The van der Waals surface area contributed by atoms with Crippen LogP contribution in [-0.4, -0.2) is 16.2 Å². The molecule has 0 bridgehead atoms. The summed E-state index contributed by atoms with van der Waals surface area (Å²) in [6.07, 6.45) is 0.793. The Labute approximate surface area is 170 Å². The first-order valence-corrected chi connectivity index (χ1v) is 9.97. The summed E-state index contributed by atoms with van der Waals surface area (Å²) >= 11 is 0. The zero-order valence-corrected chi connectivity index (χ0v) is 16.2. The molecule has 0 fully saturated rings. The maximum Gasteiger partial charge on any atom is 0.119 e. The molecule has 0 spiro atoms. The maximum atomic E-state index is 5.96. The number of ether oxygens (including phenoxy) is 1. The predicted molar refractivity (Wildman–Crippen MR) is 118 cm³/mol. The lowest BCUT2D eigenvalue weighted by atomic mass is 10.0. The van der Waals surface area contributed by atoms with Gasteiger partial charge in [0.2, 0.25) is 0 Å². The van der Waals surface area contributed by atoms with Crippen LogP contribution >= 0.6 is 0 Å². The van der Waals surface area contributed by atoms with E-state index in [0.717, 1.165) is 35.6 Å². The van der Waals surface area contributed by atoms with Crippen LogP contribution in [0.15, 0.2) is 97.1 Å². The number of nitrogens with zero attached hydrogens (tertiary/aromatic N) is 2. The van der Waals surface area contributed by atoms with Crippen molar-refractivity contribution in [1.82, 2.24) is 9.55 Å². The van der Waals surface area contributed by atoms with Crippen molar-refractivity contribution in [2.45, 2.75) is 13.0 Å². The standard InChI is InChI=1S/C26H22N2O/c1-2-12-22(13-3-1)29-18-17-28-25-16-7-6-15-24(25)27-26(28)19-21-11-8-10-20-9-4-5-14-23(20)21/h1-16H,17-19H2. The van der Waals surface area contributed by atoms with Crippen molar-refractivity contribution in [2.24, 2.45) is 0 Å². The van der Waals surface area contributed by atoms with Gasteiger partial charge in [-0.3, -0.25) is 0 Å². The molecule has 0 unspecified atom stereocenters. The molecule has 29 heavy (non-hydrogen) atoms. The van der Waals surface area contributed by atoms with Crippen LogP contribution in [-0.2, 0) is 13.0 Å². The number of hydrogen-bond donors (Lipinski definition) is 0. The van der Waals surface area contributed by atoms with E-state index in [1.54, 1.807) is 0 Å². The quantitative estimate of drug-likeness (QED) is 0.370. The lowest BCUT2D eigenvalue weighted by Crippen LogP contribution is -2.11. The van der Waals surface area contributed by atoms with E-state index in [9.17, 15) is 0 Å². The highest BCUT2D eigenvalue weighted by molar-refractivity contribution is 5.86. The molecule has 0 amide bonds. The van der Waals surface area contributed by atoms with Crippen molar-refractivity contribution >= 4 is 21.8 Å². The van der Waals surface area contributed by atoms with Gasteiger partial charge in [0.05, 0.1) is 17.6 Å². The molecular weight excluding hydrogens is 356 g/mol. The van der Waals surface area contributed by atoms with E-state index in [2.05, 4.69) is 65.2 Å². The molecule has 0 saturated heterocycles. The maximum absolute atomic E-state index is 5.96. The Kier molecular flexibility index (Phi) is 4.71. The molecule has 0 N–H and O–H groups in total. The van der Waals surface area contributed by atoms with Crippen LogP contribution in [0.3, 0.4) is 0 Å². The van der Waals surface area contributed by atoms with E-state index < -0.39 is 0 Å². The van der Waals surface area contributed by atoms with E-state index in [0.29, 0.717) is 6.61 Å². The molecule has 0 radical (unpaired) electrons. The number of aromatic nitrogens is 2. The van der Waals surface area contributed by atoms with Crippen LogP contribution in [0.25, 0.3) is 21.8 Å². The molecule has 1 heterocycles. The Balaban J connectivity index is 1.47.